The topological polar surface area (TPSA) is 98.9 Å². The van der Waals surface area contributed by atoms with Crippen LogP contribution in [0.3, 0.4) is 0 Å². The van der Waals surface area contributed by atoms with Gasteiger partial charge in [0, 0.05) is 32.5 Å². The molecule has 15 heteroatoms. The second-order valence-corrected chi connectivity index (χ2v) is 12.8. The monoisotopic (exact) mass is 654 g/mol. The molecule has 0 bridgehead atoms. The molecule has 4 aliphatic rings. The van der Waals surface area contributed by atoms with E-state index in [9.17, 15) is 17.6 Å². The van der Waals surface area contributed by atoms with Crippen molar-refractivity contribution >= 4 is 34.1 Å². The van der Waals surface area contributed by atoms with Crippen LogP contribution in [0.4, 0.5) is 33.6 Å². The van der Waals surface area contributed by atoms with Gasteiger partial charge in [-0.05, 0) is 44.4 Å². The number of ether oxygens (including phenoxy) is 3. The Morgan fingerprint density at radius 2 is 2.02 bits per heavy atom. The van der Waals surface area contributed by atoms with Crippen molar-refractivity contribution in [2.45, 2.75) is 56.5 Å². The van der Waals surface area contributed by atoms with E-state index in [0.29, 0.717) is 32.6 Å². The van der Waals surface area contributed by atoms with Gasteiger partial charge in [0.05, 0.1) is 52.0 Å². The zero-order valence-corrected chi connectivity index (χ0v) is 25.4. The van der Waals surface area contributed by atoms with Crippen LogP contribution in [0.25, 0.3) is 22.2 Å². The summed E-state index contributed by atoms with van der Waals surface area (Å²) >= 11 is 6.79. The molecule has 3 saturated heterocycles. The fourth-order valence-corrected chi connectivity index (χ4v) is 7.84. The number of nitrogens with zero attached hydrogens (tertiary/aromatic N) is 5. The van der Waals surface area contributed by atoms with Gasteiger partial charge in [-0.1, -0.05) is 11.6 Å². The average Bonchev–Trinajstić information content (AvgIpc) is 3.49. The quantitative estimate of drug-likeness (QED) is 0.362. The third kappa shape index (κ3) is 4.99. The summed E-state index contributed by atoms with van der Waals surface area (Å²) in [7, 11) is 1.78. The van der Waals surface area contributed by atoms with E-state index >= 15 is 4.39 Å². The van der Waals surface area contributed by atoms with Gasteiger partial charge in [-0.2, -0.15) is 23.1 Å². The van der Waals surface area contributed by atoms with Gasteiger partial charge >= 0.3 is 12.2 Å². The van der Waals surface area contributed by atoms with Gasteiger partial charge in [0.25, 0.3) is 0 Å². The summed E-state index contributed by atoms with van der Waals surface area (Å²) in [5, 5.41) is -0.319. The Balaban J connectivity index is 1.45. The largest absolute Gasteiger partial charge is 0.491 e. The number of fused-ring (bicyclic) bond motifs is 2. The molecule has 0 radical (unpaired) electrons. The number of aryl methyl sites for hydroxylation is 1. The third-order valence-corrected chi connectivity index (χ3v) is 10.0. The van der Waals surface area contributed by atoms with E-state index in [1.807, 2.05) is 4.90 Å². The van der Waals surface area contributed by atoms with Crippen LogP contribution in [0.2, 0.25) is 5.02 Å². The molecule has 2 aromatic heterocycles. The molecular weight excluding hydrogens is 623 g/mol. The van der Waals surface area contributed by atoms with E-state index in [2.05, 4.69) is 19.9 Å². The van der Waals surface area contributed by atoms with Gasteiger partial charge in [0.1, 0.15) is 29.9 Å². The number of alkyl halides is 4. The van der Waals surface area contributed by atoms with Gasteiger partial charge in [-0.15, -0.1) is 0 Å². The highest BCUT2D eigenvalue weighted by Gasteiger charge is 2.49. The molecule has 242 valence electrons. The maximum Gasteiger partial charge on any atom is 0.418 e. The molecule has 0 saturated carbocycles. The van der Waals surface area contributed by atoms with Gasteiger partial charge in [-0.25, -0.2) is 13.8 Å². The molecule has 7 rings (SSSR count). The third-order valence-electron chi connectivity index (χ3n) is 9.67. The summed E-state index contributed by atoms with van der Waals surface area (Å²) in [6.07, 6.45) is -3.35. The molecule has 3 aromatic rings. The summed E-state index contributed by atoms with van der Waals surface area (Å²) in [6.45, 7) is 3.33. The van der Waals surface area contributed by atoms with Crippen LogP contribution in [0.1, 0.15) is 36.8 Å². The average molecular weight is 655 g/mol. The van der Waals surface area contributed by atoms with Crippen molar-refractivity contribution in [1.82, 2.24) is 19.9 Å². The van der Waals surface area contributed by atoms with Crippen LogP contribution >= 0.6 is 11.6 Å². The number of anilines is 2. The smallest absolute Gasteiger partial charge is 0.418 e. The predicted molar refractivity (Wildman–Crippen MR) is 157 cm³/mol. The summed E-state index contributed by atoms with van der Waals surface area (Å²) in [5.41, 5.74) is 2.15. The molecule has 4 aliphatic heterocycles. The molecule has 6 heterocycles. The maximum absolute atomic E-state index is 16.8. The van der Waals surface area contributed by atoms with Crippen molar-refractivity contribution in [2.75, 3.05) is 57.2 Å². The first-order chi connectivity index (χ1) is 21.4. The molecular formula is C30H32ClF5N6O3. The van der Waals surface area contributed by atoms with Gasteiger partial charge in [0.2, 0.25) is 0 Å². The van der Waals surface area contributed by atoms with Crippen molar-refractivity contribution in [1.29, 1.82) is 0 Å². The van der Waals surface area contributed by atoms with E-state index in [0.717, 1.165) is 25.5 Å². The van der Waals surface area contributed by atoms with Crippen molar-refractivity contribution in [3.05, 3.63) is 28.0 Å². The number of nitrogen functional groups attached to an aromatic ring is 1. The van der Waals surface area contributed by atoms with E-state index in [1.165, 1.54) is 6.92 Å². The normalized spacial score (nSPS) is 26.8. The van der Waals surface area contributed by atoms with Crippen molar-refractivity contribution < 1.29 is 36.2 Å². The lowest BCUT2D eigenvalue weighted by atomic mass is 9.93. The fraction of sp³-hybridized carbons (Fsp3) is 0.567. The standard InChI is InChI=1S/C30H32ClF5N6O3/c1-14-8-18(37)38-24(21(14)30(34,35)36)19-22(31)26-20-25(23(19)33)39-28(45-13-29-5-3-6-42(29)10-16(32)9-29)40-27(20)41(2)17-12-43-7-4-15(17)11-44-26/h8,15-17H,3-7,9-13H2,1-2H3,(H2,37,38)/t15?,16-,17?,29+/m1/s1. The zero-order chi connectivity index (χ0) is 31.8. The lowest BCUT2D eigenvalue weighted by molar-refractivity contribution is -0.137. The van der Waals surface area contributed by atoms with Crippen molar-refractivity contribution in [2.24, 2.45) is 5.92 Å². The summed E-state index contributed by atoms with van der Waals surface area (Å²) in [5.74, 6) is -1.29. The molecule has 0 aliphatic carbocycles. The summed E-state index contributed by atoms with van der Waals surface area (Å²) < 4.78 is 92.5. The van der Waals surface area contributed by atoms with Crippen LogP contribution in [0, 0.1) is 18.7 Å². The number of pyridine rings is 1. The molecule has 4 atom stereocenters. The van der Waals surface area contributed by atoms with Gasteiger partial charge < -0.3 is 24.8 Å². The highest BCUT2D eigenvalue weighted by atomic mass is 35.5. The highest BCUT2D eigenvalue weighted by molar-refractivity contribution is 6.36. The molecule has 45 heavy (non-hydrogen) atoms. The van der Waals surface area contributed by atoms with Gasteiger partial charge in [-0.3, -0.25) is 4.90 Å². The Hall–Kier alpha value is -3.23. The Bertz CT molecular complexity index is 1680. The second kappa shape index (κ2) is 10.9. The highest BCUT2D eigenvalue weighted by Crippen LogP contribution is 2.51. The molecule has 2 unspecified atom stereocenters. The number of hydrogen-bond acceptors (Lipinski definition) is 9. The summed E-state index contributed by atoms with van der Waals surface area (Å²) in [4.78, 5) is 16.9. The fourth-order valence-electron chi connectivity index (χ4n) is 7.52. The van der Waals surface area contributed by atoms with Crippen LogP contribution in [-0.4, -0.2) is 84.2 Å². The van der Waals surface area contributed by atoms with E-state index in [-0.39, 0.29) is 65.0 Å². The van der Waals surface area contributed by atoms with Crippen LogP contribution in [0.5, 0.6) is 11.8 Å². The van der Waals surface area contributed by atoms with Crippen molar-refractivity contribution in [3.8, 4) is 23.0 Å². The Morgan fingerprint density at radius 3 is 2.80 bits per heavy atom. The second-order valence-electron chi connectivity index (χ2n) is 12.4. The predicted octanol–water partition coefficient (Wildman–Crippen LogP) is 5.58. The van der Waals surface area contributed by atoms with E-state index < -0.39 is 45.5 Å². The van der Waals surface area contributed by atoms with E-state index in [1.54, 1.807) is 7.05 Å². The maximum atomic E-state index is 16.8. The number of likely N-dealkylation sites (N-methyl/N-ethyl adjacent to an activating group) is 1. The lowest BCUT2D eigenvalue weighted by Gasteiger charge is -2.40. The minimum absolute atomic E-state index is 0.0553. The van der Waals surface area contributed by atoms with Gasteiger partial charge in [0.15, 0.2) is 11.6 Å². The molecule has 3 fully saturated rings. The molecule has 2 N–H and O–H groups in total. The number of rotatable bonds is 4. The Kier molecular flexibility index (Phi) is 7.40. The molecule has 1 aromatic carbocycles. The molecule has 0 spiro atoms. The number of halogens is 6. The SMILES string of the molecule is Cc1cc(N)nc(-c2c(Cl)c3c4c(nc(OC[C@@]56CCCN5C[C@H](F)C6)nc4c2F)N(C)C2COCCC2CO3)c1C(F)(F)F. The first-order valence-corrected chi connectivity index (χ1v) is 15.3. The Labute approximate surface area is 260 Å². The number of benzene rings is 1. The zero-order valence-electron chi connectivity index (χ0n) is 24.7. The van der Waals surface area contributed by atoms with E-state index in [4.69, 9.17) is 31.5 Å². The number of hydrogen-bond donors (Lipinski definition) is 1. The molecule has 9 nitrogen and oxygen atoms in total. The summed E-state index contributed by atoms with van der Waals surface area (Å²) in [6, 6.07) is 0.658. The minimum Gasteiger partial charge on any atom is -0.491 e. The Morgan fingerprint density at radius 1 is 1.22 bits per heavy atom. The minimum atomic E-state index is -4.90. The van der Waals surface area contributed by atoms with Crippen LogP contribution in [0.15, 0.2) is 6.07 Å². The number of aromatic nitrogens is 3. The number of nitrogens with two attached hydrogens (primary N) is 1. The van der Waals surface area contributed by atoms with Crippen LogP contribution < -0.4 is 20.1 Å². The lowest BCUT2D eigenvalue weighted by Crippen LogP contribution is -2.48. The first kappa shape index (κ1) is 30.4. The van der Waals surface area contributed by atoms with Crippen LogP contribution in [-0.2, 0) is 10.9 Å². The molecule has 0 amide bonds. The van der Waals surface area contributed by atoms with Crippen molar-refractivity contribution in [3.63, 3.8) is 0 Å². The first-order valence-electron chi connectivity index (χ1n) is 14.9.